The average Bonchev–Trinajstić information content (AvgIpc) is 2.14. The van der Waals surface area contributed by atoms with Crippen LogP contribution >= 0.6 is 0 Å². The molecule has 0 bridgehead atoms. The molecule has 0 radical (unpaired) electrons. The summed E-state index contributed by atoms with van der Waals surface area (Å²) in [6.45, 7) is 8.20. The van der Waals surface area contributed by atoms with Gasteiger partial charge in [-0.25, -0.2) is 9.97 Å². The highest BCUT2D eigenvalue weighted by molar-refractivity contribution is 5.25. The molecule has 0 saturated heterocycles. The molecular formula is C13H21N3. The molecule has 0 amide bonds. The van der Waals surface area contributed by atoms with Crippen molar-refractivity contribution in [1.29, 1.82) is 0 Å². The zero-order valence-corrected chi connectivity index (χ0v) is 10.5. The van der Waals surface area contributed by atoms with E-state index in [9.17, 15) is 0 Å². The summed E-state index contributed by atoms with van der Waals surface area (Å²) in [5.41, 5.74) is 3.57. The molecule has 88 valence electrons. The zero-order chi connectivity index (χ0) is 11.5. The van der Waals surface area contributed by atoms with Crippen LogP contribution in [0.2, 0.25) is 0 Å². The van der Waals surface area contributed by atoms with Gasteiger partial charge in [-0.05, 0) is 33.2 Å². The number of rotatable bonds is 4. The maximum atomic E-state index is 4.66. The van der Waals surface area contributed by atoms with E-state index >= 15 is 0 Å². The van der Waals surface area contributed by atoms with Crippen LogP contribution in [0.25, 0.3) is 0 Å². The largest absolute Gasteiger partial charge is 0.313 e. The van der Waals surface area contributed by atoms with Crippen molar-refractivity contribution >= 4 is 0 Å². The summed E-state index contributed by atoms with van der Waals surface area (Å²) in [5.74, 6) is 1.70. The lowest BCUT2D eigenvalue weighted by atomic mass is 9.84. The Hall–Kier alpha value is -0.960. The Labute approximate surface area is 97.7 Å². The smallest absolute Gasteiger partial charge is 0.131 e. The number of hydrogen-bond donors (Lipinski definition) is 1. The first-order valence-corrected chi connectivity index (χ1v) is 6.27. The fraction of sp³-hybridized carbons (Fsp3) is 0.692. The van der Waals surface area contributed by atoms with Gasteiger partial charge < -0.3 is 5.32 Å². The molecule has 1 aliphatic rings. The van der Waals surface area contributed by atoms with Gasteiger partial charge in [0.2, 0.25) is 0 Å². The minimum atomic E-state index is 0.630. The van der Waals surface area contributed by atoms with Crippen molar-refractivity contribution in [2.45, 2.75) is 52.5 Å². The van der Waals surface area contributed by atoms with Crippen LogP contribution in [-0.4, -0.2) is 16.5 Å². The highest BCUT2D eigenvalue weighted by Crippen LogP contribution is 2.34. The van der Waals surface area contributed by atoms with Gasteiger partial charge in [0.25, 0.3) is 0 Å². The molecule has 2 rings (SSSR count). The summed E-state index contributed by atoms with van der Waals surface area (Å²) in [7, 11) is 0. The molecular weight excluding hydrogens is 198 g/mol. The maximum absolute atomic E-state index is 4.66. The summed E-state index contributed by atoms with van der Waals surface area (Å²) < 4.78 is 0. The van der Waals surface area contributed by atoms with Crippen molar-refractivity contribution in [2.75, 3.05) is 6.54 Å². The Morgan fingerprint density at radius 3 is 2.25 bits per heavy atom. The van der Waals surface area contributed by atoms with Gasteiger partial charge in [-0.15, -0.1) is 0 Å². The van der Waals surface area contributed by atoms with Crippen LogP contribution < -0.4 is 5.32 Å². The number of aromatic nitrogens is 2. The summed E-state index contributed by atoms with van der Waals surface area (Å²) >= 11 is 0. The molecule has 3 heteroatoms. The normalized spacial score (nSPS) is 16.2. The minimum absolute atomic E-state index is 0.630. The van der Waals surface area contributed by atoms with Gasteiger partial charge in [-0.1, -0.05) is 13.3 Å². The third-order valence-electron chi connectivity index (χ3n) is 3.46. The molecule has 0 spiro atoms. The van der Waals surface area contributed by atoms with Crippen molar-refractivity contribution in [2.24, 2.45) is 0 Å². The van der Waals surface area contributed by atoms with E-state index in [4.69, 9.17) is 0 Å². The second kappa shape index (κ2) is 4.91. The summed E-state index contributed by atoms with van der Waals surface area (Å²) in [6, 6.07) is 0. The molecule has 1 aromatic rings. The lowest BCUT2D eigenvalue weighted by Gasteiger charge is -2.25. The lowest BCUT2D eigenvalue weighted by Crippen LogP contribution is -2.19. The quantitative estimate of drug-likeness (QED) is 0.845. The molecule has 16 heavy (non-hydrogen) atoms. The summed E-state index contributed by atoms with van der Waals surface area (Å²) in [4.78, 5) is 9.32. The number of hydrogen-bond acceptors (Lipinski definition) is 3. The van der Waals surface area contributed by atoms with Gasteiger partial charge in [-0.3, -0.25) is 0 Å². The summed E-state index contributed by atoms with van der Waals surface area (Å²) in [6.07, 6.45) is 3.88. The Kier molecular flexibility index (Phi) is 3.54. The summed E-state index contributed by atoms with van der Waals surface area (Å²) in [5, 5.41) is 3.34. The zero-order valence-electron chi connectivity index (χ0n) is 10.5. The first kappa shape index (κ1) is 11.5. The second-order valence-electron chi connectivity index (χ2n) is 4.64. The van der Waals surface area contributed by atoms with Crippen molar-refractivity contribution in [1.82, 2.24) is 15.3 Å². The minimum Gasteiger partial charge on any atom is -0.313 e. The van der Waals surface area contributed by atoms with Gasteiger partial charge >= 0.3 is 0 Å². The molecule has 0 atom stereocenters. The second-order valence-corrected chi connectivity index (χ2v) is 4.64. The van der Waals surface area contributed by atoms with E-state index < -0.39 is 0 Å². The van der Waals surface area contributed by atoms with Crippen molar-refractivity contribution < 1.29 is 0 Å². The van der Waals surface area contributed by atoms with Gasteiger partial charge in [0.1, 0.15) is 5.82 Å². The van der Waals surface area contributed by atoms with Crippen molar-refractivity contribution in [3.63, 3.8) is 0 Å². The molecule has 0 aromatic carbocycles. The van der Waals surface area contributed by atoms with E-state index in [0.717, 1.165) is 30.3 Å². The molecule has 0 unspecified atom stereocenters. The van der Waals surface area contributed by atoms with E-state index in [2.05, 4.69) is 36.1 Å². The van der Waals surface area contributed by atoms with E-state index in [1.54, 1.807) is 0 Å². The first-order chi connectivity index (χ1) is 7.72. The van der Waals surface area contributed by atoms with Crippen molar-refractivity contribution in [3.8, 4) is 0 Å². The molecule has 1 N–H and O–H groups in total. The Balaban J connectivity index is 2.20. The fourth-order valence-corrected chi connectivity index (χ4v) is 2.12. The molecule has 1 fully saturated rings. The van der Waals surface area contributed by atoms with E-state index in [1.807, 2.05) is 0 Å². The highest BCUT2D eigenvalue weighted by Gasteiger charge is 2.23. The predicted molar refractivity (Wildman–Crippen MR) is 65.5 cm³/mol. The van der Waals surface area contributed by atoms with Crippen LogP contribution in [0.3, 0.4) is 0 Å². The monoisotopic (exact) mass is 219 g/mol. The maximum Gasteiger partial charge on any atom is 0.131 e. The Morgan fingerprint density at radius 1 is 1.19 bits per heavy atom. The van der Waals surface area contributed by atoms with E-state index in [1.165, 1.54) is 24.8 Å². The third-order valence-corrected chi connectivity index (χ3v) is 3.46. The highest BCUT2D eigenvalue weighted by atomic mass is 14.9. The van der Waals surface area contributed by atoms with Crippen LogP contribution in [0.1, 0.15) is 54.9 Å². The molecule has 1 saturated carbocycles. The lowest BCUT2D eigenvalue weighted by molar-refractivity contribution is 0.399. The topological polar surface area (TPSA) is 37.8 Å². The van der Waals surface area contributed by atoms with Gasteiger partial charge in [0.05, 0.1) is 0 Å². The predicted octanol–water partition coefficient (Wildman–Crippen LogP) is 2.47. The van der Waals surface area contributed by atoms with Crippen molar-refractivity contribution in [3.05, 3.63) is 22.8 Å². The van der Waals surface area contributed by atoms with Crippen LogP contribution in [0, 0.1) is 13.8 Å². The average molecular weight is 219 g/mol. The molecule has 1 aromatic heterocycles. The number of nitrogens with one attached hydrogen (secondary N) is 1. The standard InChI is InChI=1S/C13H21N3/c1-4-14-8-12-9(2)15-13(16-10(12)3)11-6-5-7-11/h11,14H,4-8H2,1-3H3. The Morgan fingerprint density at radius 2 is 1.81 bits per heavy atom. The van der Waals surface area contributed by atoms with E-state index in [0.29, 0.717) is 5.92 Å². The molecule has 1 heterocycles. The van der Waals surface area contributed by atoms with E-state index in [-0.39, 0.29) is 0 Å². The van der Waals surface area contributed by atoms with Gasteiger partial charge in [-0.2, -0.15) is 0 Å². The van der Waals surface area contributed by atoms with Gasteiger partial charge in [0.15, 0.2) is 0 Å². The number of nitrogens with zero attached hydrogens (tertiary/aromatic N) is 2. The van der Waals surface area contributed by atoms with Crippen LogP contribution in [0.15, 0.2) is 0 Å². The molecule has 1 aliphatic carbocycles. The third kappa shape index (κ3) is 2.24. The van der Waals surface area contributed by atoms with Crippen LogP contribution in [-0.2, 0) is 6.54 Å². The molecule has 3 nitrogen and oxygen atoms in total. The Bertz CT molecular complexity index is 346. The molecule has 0 aliphatic heterocycles. The fourth-order valence-electron chi connectivity index (χ4n) is 2.12. The van der Waals surface area contributed by atoms with Crippen LogP contribution in [0.5, 0.6) is 0 Å². The number of aryl methyl sites for hydroxylation is 2. The SMILES string of the molecule is CCNCc1c(C)nc(C2CCC2)nc1C. The van der Waals surface area contributed by atoms with Gasteiger partial charge in [0, 0.05) is 29.4 Å². The van der Waals surface area contributed by atoms with Crippen LogP contribution in [0.4, 0.5) is 0 Å². The first-order valence-electron chi connectivity index (χ1n) is 6.27.